The number of aromatic nitrogens is 4. The van der Waals surface area contributed by atoms with Gasteiger partial charge in [0.1, 0.15) is 5.82 Å². The van der Waals surface area contributed by atoms with Gasteiger partial charge in [-0.05, 0) is 19.9 Å². The average molecular weight is 368 g/mol. The summed E-state index contributed by atoms with van der Waals surface area (Å²) in [5.74, 6) is -0.200. The Morgan fingerprint density at radius 3 is 2.93 bits per heavy atom. The molecule has 4 heterocycles. The Bertz CT molecular complexity index is 1080. The van der Waals surface area contributed by atoms with Crippen LogP contribution in [0.1, 0.15) is 30.0 Å². The number of aromatic hydroxyl groups is 1. The van der Waals surface area contributed by atoms with Crippen LogP contribution in [0.25, 0.3) is 10.9 Å². The predicted molar refractivity (Wildman–Crippen MR) is 99.8 cm³/mol. The number of rotatable bonds is 4. The summed E-state index contributed by atoms with van der Waals surface area (Å²) < 4.78 is 1.71. The van der Waals surface area contributed by atoms with Crippen LogP contribution in [0.5, 0.6) is 5.75 Å². The van der Waals surface area contributed by atoms with E-state index in [2.05, 4.69) is 20.5 Å². The van der Waals surface area contributed by atoms with Gasteiger partial charge < -0.3 is 19.9 Å². The number of carbonyl (C=O) groups excluding carboxylic acids is 1. The third-order valence-corrected chi connectivity index (χ3v) is 4.83. The molecule has 9 heteroatoms. The summed E-state index contributed by atoms with van der Waals surface area (Å²) in [4.78, 5) is 30.9. The number of anilines is 1. The molecular weight excluding hydrogens is 348 g/mol. The summed E-state index contributed by atoms with van der Waals surface area (Å²) in [7, 11) is 0. The Morgan fingerprint density at radius 1 is 1.33 bits per heavy atom. The summed E-state index contributed by atoms with van der Waals surface area (Å²) in [5.41, 5.74) is 0.951. The van der Waals surface area contributed by atoms with Gasteiger partial charge in [0.2, 0.25) is 5.43 Å². The molecule has 27 heavy (non-hydrogen) atoms. The van der Waals surface area contributed by atoms with Crippen LogP contribution in [0.2, 0.25) is 0 Å². The first-order valence-corrected chi connectivity index (χ1v) is 8.76. The summed E-state index contributed by atoms with van der Waals surface area (Å²) in [5, 5.41) is 21.1. The third-order valence-electron chi connectivity index (χ3n) is 4.83. The fourth-order valence-corrected chi connectivity index (χ4v) is 3.43. The van der Waals surface area contributed by atoms with Crippen molar-refractivity contribution in [1.82, 2.24) is 24.6 Å². The van der Waals surface area contributed by atoms with Gasteiger partial charge in [-0.3, -0.25) is 14.7 Å². The van der Waals surface area contributed by atoms with Crippen LogP contribution in [-0.2, 0) is 13.1 Å². The number of carbonyl (C=O) groups is 1. The molecule has 1 aliphatic heterocycles. The number of amides is 1. The van der Waals surface area contributed by atoms with Crippen LogP contribution < -0.4 is 10.7 Å². The van der Waals surface area contributed by atoms with Crippen molar-refractivity contribution >= 4 is 22.6 Å². The van der Waals surface area contributed by atoms with Gasteiger partial charge in [-0.15, -0.1) is 0 Å². The predicted octanol–water partition coefficient (Wildman–Crippen LogP) is 1.30. The normalized spacial score (nSPS) is 14.0. The minimum atomic E-state index is -0.563. The first-order valence-electron chi connectivity index (χ1n) is 8.76. The monoisotopic (exact) mass is 368 g/mol. The van der Waals surface area contributed by atoms with E-state index in [0.717, 1.165) is 10.9 Å². The number of nitrogens with one attached hydrogen (secondary N) is 2. The van der Waals surface area contributed by atoms with Gasteiger partial charge in [0, 0.05) is 37.1 Å². The van der Waals surface area contributed by atoms with E-state index in [4.69, 9.17) is 0 Å². The number of aromatic amines is 1. The number of hydrogen-bond acceptors (Lipinski definition) is 6. The van der Waals surface area contributed by atoms with Gasteiger partial charge in [-0.1, -0.05) is 0 Å². The van der Waals surface area contributed by atoms with E-state index in [9.17, 15) is 14.7 Å². The highest BCUT2D eigenvalue weighted by Crippen LogP contribution is 2.24. The number of fused-ring (bicyclic) bond motifs is 2. The van der Waals surface area contributed by atoms with Gasteiger partial charge >= 0.3 is 0 Å². The SMILES string of the molecule is CC(C)N1CCn2c(CNc3nccc4[nH]ncc34)cc(=O)c(O)c2C1=O. The van der Waals surface area contributed by atoms with E-state index in [-0.39, 0.29) is 24.2 Å². The number of H-pyrrole nitrogens is 1. The molecule has 3 N–H and O–H groups in total. The maximum absolute atomic E-state index is 12.8. The molecule has 3 aromatic rings. The summed E-state index contributed by atoms with van der Waals surface area (Å²) in [6.07, 6.45) is 3.33. The zero-order valence-electron chi connectivity index (χ0n) is 15.1. The van der Waals surface area contributed by atoms with Gasteiger partial charge in [-0.2, -0.15) is 5.10 Å². The standard InChI is InChI=1S/C18H20N6O3/c1-10(2)23-5-6-24-11(7-14(25)16(26)15(24)18(23)27)8-20-17-12-9-21-22-13(12)3-4-19-17/h3-4,7,9-10,26H,5-6,8H2,1-2H3,(H,19,20)(H,21,22). The van der Waals surface area contributed by atoms with E-state index < -0.39 is 11.2 Å². The number of pyridine rings is 2. The Hall–Kier alpha value is -3.36. The highest BCUT2D eigenvalue weighted by atomic mass is 16.3. The topological polar surface area (TPSA) is 116 Å². The lowest BCUT2D eigenvalue weighted by Crippen LogP contribution is -2.46. The molecular formula is C18H20N6O3. The van der Waals surface area contributed by atoms with Gasteiger partial charge in [0.25, 0.3) is 5.91 Å². The molecule has 0 atom stereocenters. The lowest BCUT2D eigenvalue weighted by Gasteiger charge is -2.34. The van der Waals surface area contributed by atoms with Crippen molar-refractivity contribution in [3.05, 3.63) is 46.1 Å². The Morgan fingerprint density at radius 2 is 2.15 bits per heavy atom. The molecule has 0 bridgehead atoms. The minimum absolute atomic E-state index is 0.00886. The second kappa shape index (κ2) is 6.42. The minimum Gasteiger partial charge on any atom is -0.503 e. The molecule has 140 valence electrons. The molecule has 3 aromatic heterocycles. The van der Waals surface area contributed by atoms with Crippen LogP contribution in [0.15, 0.2) is 29.3 Å². The molecule has 0 unspecified atom stereocenters. The number of nitrogens with zero attached hydrogens (tertiary/aromatic N) is 4. The molecule has 0 saturated carbocycles. The van der Waals surface area contributed by atoms with Crippen molar-refractivity contribution in [3.8, 4) is 5.75 Å². The van der Waals surface area contributed by atoms with Crippen LogP contribution in [0.4, 0.5) is 5.82 Å². The number of hydrogen-bond donors (Lipinski definition) is 3. The maximum Gasteiger partial charge on any atom is 0.274 e. The fourth-order valence-electron chi connectivity index (χ4n) is 3.43. The van der Waals surface area contributed by atoms with E-state index in [0.29, 0.717) is 24.6 Å². The Kier molecular flexibility index (Phi) is 4.06. The summed E-state index contributed by atoms with van der Waals surface area (Å²) in [6, 6.07) is 3.17. The van der Waals surface area contributed by atoms with Gasteiger partial charge in [0.05, 0.1) is 23.6 Å². The smallest absolute Gasteiger partial charge is 0.274 e. The highest BCUT2D eigenvalue weighted by molar-refractivity contribution is 5.96. The fraction of sp³-hybridized carbons (Fsp3) is 0.333. The van der Waals surface area contributed by atoms with E-state index in [1.54, 1.807) is 21.9 Å². The highest BCUT2D eigenvalue weighted by Gasteiger charge is 2.31. The van der Waals surface area contributed by atoms with Gasteiger partial charge in [-0.25, -0.2) is 4.98 Å². The van der Waals surface area contributed by atoms with E-state index in [1.165, 1.54) is 6.07 Å². The molecule has 0 radical (unpaired) electrons. The van der Waals surface area contributed by atoms with Crippen molar-refractivity contribution in [2.75, 3.05) is 11.9 Å². The van der Waals surface area contributed by atoms with E-state index >= 15 is 0 Å². The third kappa shape index (κ3) is 2.80. The first kappa shape index (κ1) is 17.1. The molecule has 0 saturated heterocycles. The van der Waals surface area contributed by atoms with Crippen LogP contribution in [-0.4, -0.2) is 48.2 Å². The zero-order chi connectivity index (χ0) is 19.1. The largest absolute Gasteiger partial charge is 0.503 e. The quantitative estimate of drug-likeness (QED) is 0.639. The second-order valence-electron chi connectivity index (χ2n) is 6.79. The summed E-state index contributed by atoms with van der Waals surface area (Å²) in [6.45, 7) is 5.13. The molecule has 0 fully saturated rings. The molecule has 1 amide bonds. The molecule has 0 spiro atoms. The molecule has 9 nitrogen and oxygen atoms in total. The van der Waals surface area contributed by atoms with Gasteiger partial charge in [0.15, 0.2) is 11.4 Å². The van der Waals surface area contributed by atoms with Crippen LogP contribution in [0.3, 0.4) is 0 Å². The lowest BCUT2D eigenvalue weighted by atomic mass is 10.1. The maximum atomic E-state index is 12.8. The Labute approximate surface area is 154 Å². The first-order chi connectivity index (χ1) is 13.0. The van der Waals surface area contributed by atoms with Crippen LogP contribution >= 0.6 is 0 Å². The van der Waals surface area contributed by atoms with Crippen molar-refractivity contribution in [1.29, 1.82) is 0 Å². The second-order valence-corrected chi connectivity index (χ2v) is 6.79. The molecule has 0 aromatic carbocycles. The van der Waals surface area contributed by atoms with Crippen molar-refractivity contribution < 1.29 is 9.90 Å². The van der Waals surface area contributed by atoms with Crippen LogP contribution in [0, 0.1) is 0 Å². The molecule has 4 rings (SSSR count). The molecule has 0 aliphatic carbocycles. The van der Waals surface area contributed by atoms with Crippen molar-refractivity contribution in [2.45, 2.75) is 33.0 Å². The van der Waals surface area contributed by atoms with Crippen molar-refractivity contribution in [2.24, 2.45) is 0 Å². The average Bonchev–Trinajstić information content (AvgIpc) is 3.12. The van der Waals surface area contributed by atoms with Crippen molar-refractivity contribution in [3.63, 3.8) is 0 Å². The summed E-state index contributed by atoms with van der Waals surface area (Å²) >= 11 is 0. The molecule has 1 aliphatic rings. The Balaban J connectivity index is 1.70. The van der Waals surface area contributed by atoms with E-state index in [1.807, 2.05) is 19.9 Å². The lowest BCUT2D eigenvalue weighted by molar-refractivity contribution is 0.0639. The zero-order valence-corrected chi connectivity index (χ0v) is 15.1.